The van der Waals surface area contributed by atoms with Gasteiger partial charge in [-0.3, -0.25) is 38.6 Å². The van der Waals surface area contributed by atoms with Gasteiger partial charge in [0.2, 0.25) is 11.8 Å². The first kappa shape index (κ1) is 65.9. The average molecular weight is 1120 g/mol. The number of imide groups is 2. The Balaban J connectivity index is 1.99. The molecule has 2 aromatic rings. The van der Waals surface area contributed by atoms with Crippen molar-refractivity contribution in [2.45, 2.75) is 118 Å². The summed E-state index contributed by atoms with van der Waals surface area (Å²) in [5, 5.41) is 0. The Morgan fingerprint density at radius 3 is 0.837 bits per heavy atom. The van der Waals surface area contributed by atoms with Gasteiger partial charge in [-0.1, -0.05) is 111 Å². The van der Waals surface area contributed by atoms with Crippen molar-refractivity contribution in [1.29, 1.82) is 0 Å². The van der Waals surface area contributed by atoms with Crippen LogP contribution in [0.5, 0.6) is 0 Å². The molecule has 4 rings (SSSR count). The molecule has 2 fully saturated rings. The van der Waals surface area contributed by atoms with Crippen LogP contribution in [0.4, 0.5) is 11.4 Å². The molecule has 0 aliphatic carbocycles. The highest BCUT2D eigenvalue weighted by atomic mass is 16.2. The summed E-state index contributed by atoms with van der Waals surface area (Å²) >= 11 is 0. The summed E-state index contributed by atoms with van der Waals surface area (Å²) < 4.78 is 0. The molecule has 2 unspecified atom stereocenters. The van der Waals surface area contributed by atoms with Gasteiger partial charge in [-0.2, -0.15) is 0 Å². The van der Waals surface area contributed by atoms with E-state index in [9.17, 15) is 19.2 Å². The predicted molar refractivity (Wildman–Crippen MR) is 323 cm³/mol. The van der Waals surface area contributed by atoms with Gasteiger partial charge in [-0.05, 0) is 164 Å². The Morgan fingerprint density at radius 2 is 0.628 bits per heavy atom. The Hall–Kier alpha value is -12.6. The molecule has 86 heavy (non-hydrogen) atoms. The maximum atomic E-state index is 15.1. The maximum Gasteiger partial charge on any atom is 0.257 e. The first-order valence-electron chi connectivity index (χ1n) is 26.4. The van der Waals surface area contributed by atoms with Crippen LogP contribution in [-0.2, 0) is 28.8 Å². The summed E-state index contributed by atoms with van der Waals surface area (Å²) in [6.07, 6.45) is -1.08. The van der Waals surface area contributed by atoms with Crippen LogP contribution in [-0.4, -0.2) is 57.3 Å². The zero-order chi connectivity index (χ0) is 63.1. The summed E-state index contributed by atoms with van der Waals surface area (Å²) in [5.41, 5.74) is 88.8. The summed E-state index contributed by atoms with van der Waals surface area (Å²) in [4.78, 5) is 92.6. The van der Waals surface area contributed by atoms with Gasteiger partial charge in [0.15, 0.2) is 5.82 Å². The number of hydrogen-bond acceptors (Lipinski definition) is 6. The van der Waals surface area contributed by atoms with E-state index >= 15 is 9.59 Å². The van der Waals surface area contributed by atoms with Crippen LogP contribution >= 0.6 is 0 Å². The number of carbonyl (C=O) groups excluding carboxylic acids is 6. The molecule has 0 bridgehead atoms. The van der Waals surface area contributed by atoms with Crippen molar-refractivity contribution < 1.29 is 28.8 Å². The van der Waals surface area contributed by atoms with E-state index in [-0.39, 0.29) is 34.8 Å². The van der Waals surface area contributed by atoms with Gasteiger partial charge < -0.3 is 0 Å². The Morgan fingerprint density at radius 1 is 0.407 bits per heavy atom. The normalized spacial score (nSPS) is 12.3. The minimum absolute atomic E-state index is 0.100. The third-order valence-corrected chi connectivity index (χ3v) is 11.8. The molecule has 0 saturated carbocycles. The number of hydrogen-bond donors (Lipinski definition) is 0. The minimum Gasteiger partial charge on any atom is -0.274 e. The lowest BCUT2D eigenvalue weighted by molar-refractivity contribution is -0.140. The molecule has 0 aromatic heterocycles. The zero-order valence-electron chi connectivity index (χ0n) is 49.2. The van der Waals surface area contributed by atoms with Gasteiger partial charge in [-0.15, -0.1) is 0 Å². The summed E-state index contributed by atoms with van der Waals surface area (Å²) in [6.45, 7) is 29.4. The first-order chi connectivity index (χ1) is 41.3. The number of anilines is 2. The number of nitrogens with zero attached hydrogens (tertiary/aromatic N) is 4. The highest BCUT2D eigenvalue weighted by molar-refractivity contribution is 6.25. The molecular weight excluding hydrogens is 1060 g/mol. The maximum absolute atomic E-state index is 15.1. The highest BCUT2D eigenvalue weighted by Gasteiger charge is 2.52. The summed E-state index contributed by atoms with van der Waals surface area (Å²) in [7, 11) is 0. The molecule has 0 N–H and O–H groups in total. The predicted octanol–water partition coefficient (Wildman–Crippen LogP) is 12.7. The molecule has 10 nitrogen and oxygen atoms in total. The largest absolute Gasteiger partial charge is 0.274 e. The van der Waals surface area contributed by atoms with Crippen molar-refractivity contribution in [3.05, 3.63) is 290 Å². The molecule has 2 aliphatic heterocycles. The topological polar surface area (TPSA) is 115 Å². The molecule has 0 spiro atoms. The molecule has 2 aromatic carbocycles. The van der Waals surface area contributed by atoms with Crippen molar-refractivity contribution in [3.8, 4) is 0 Å². The molecule has 0 radical (unpaired) electrons. The number of benzene rings is 2. The Kier molecular flexibility index (Phi) is 26.0. The van der Waals surface area contributed by atoms with Crippen molar-refractivity contribution in [2.75, 3.05) is 9.80 Å². The number of rotatable bonds is 12. The van der Waals surface area contributed by atoms with E-state index < -0.39 is 66.2 Å². The van der Waals surface area contributed by atoms with Crippen LogP contribution in [0.3, 0.4) is 0 Å². The van der Waals surface area contributed by atoms with Crippen LogP contribution in [0, 0.1) is 0 Å². The van der Waals surface area contributed by atoms with E-state index in [0.717, 1.165) is 41.9 Å². The van der Waals surface area contributed by atoms with Crippen molar-refractivity contribution >= 4 is 46.8 Å². The fraction of sp³-hybridized carbons (Fsp3) is 0.237. The third-order valence-electron chi connectivity index (χ3n) is 11.8. The highest BCUT2D eigenvalue weighted by Crippen LogP contribution is 2.42. The van der Waals surface area contributed by atoms with Gasteiger partial charge in [0, 0.05) is 103 Å². The molecule has 412 valence electrons. The SMILES string of the molecule is C=C=C=C=C=C=C=C=C=C=C=C=C=C=C=C=C=C=C=C=C=C=C=C=C=C=C=C=C=C=C=C=C=C=C=C(N(C(=O)C(=C)C)C1CC(=O)N(c2c(C(C)C)cccc2C(C)C)C1=O)N(C(=O)C(=C)C)C1CC(=O)N(c2c(C(C)C)cccc2C(C)C)C1=O. The zero-order valence-corrected chi connectivity index (χ0v) is 49.2. The van der Waals surface area contributed by atoms with Crippen molar-refractivity contribution in [1.82, 2.24) is 9.80 Å². The molecule has 6 amide bonds. The van der Waals surface area contributed by atoms with Crippen LogP contribution in [0.2, 0.25) is 0 Å². The van der Waals surface area contributed by atoms with E-state index in [4.69, 9.17) is 0 Å². The second-order valence-electron chi connectivity index (χ2n) is 19.3. The number of para-hydroxylation sites is 2. The van der Waals surface area contributed by atoms with Gasteiger partial charge in [0.1, 0.15) is 12.1 Å². The summed E-state index contributed by atoms with van der Waals surface area (Å²) in [5.74, 6) is -5.63. The lowest BCUT2D eigenvalue weighted by Crippen LogP contribution is -2.54. The van der Waals surface area contributed by atoms with E-state index in [2.05, 4.69) is 215 Å². The lowest BCUT2D eigenvalue weighted by Gasteiger charge is -2.37. The van der Waals surface area contributed by atoms with E-state index in [0.29, 0.717) is 11.4 Å². The smallest absolute Gasteiger partial charge is 0.257 e. The van der Waals surface area contributed by atoms with Crippen LogP contribution in [0.1, 0.15) is 128 Å². The third kappa shape index (κ3) is 18.5. The van der Waals surface area contributed by atoms with Gasteiger partial charge in [-0.25, -0.2) is 9.80 Å². The van der Waals surface area contributed by atoms with Crippen LogP contribution in [0.15, 0.2) is 268 Å². The van der Waals surface area contributed by atoms with Gasteiger partial charge >= 0.3 is 0 Å². The van der Waals surface area contributed by atoms with Crippen LogP contribution < -0.4 is 9.80 Å². The molecule has 2 aliphatic rings. The fourth-order valence-corrected chi connectivity index (χ4v) is 8.13. The Bertz CT molecular complexity index is 4560. The molecule has 10 heteroatoms. The molecular formula is C76H52N4O6. The van der Waals surface area contributed by atoms with Crippen molar-refractivity contribution in [3.63, 3.8) is 0 Å². The van der Waals surface area contributed by atoms with E-state index in [1.165, 1.54) is 13.8 Å². The van der Waals surface area contributed by atoms with E-state index in [1.54, 1.807) is 0 Å². The first-order valence-corrected chi connectivity index (χ1v) is 26.4. The quantitative estimate of drug-likeness (QED) is 0.119. The number of carbonyl (C=O) groups is 6. The summed E-state index contributed by atoms with van der Waals surface area (Å²) in [6, 6.07) is 7.86. The minimum atomic E-state index is -1.61. The average Bonchev–Trinajstić information content (AvgIpc) is 1.78. The lowest BCUT2D eigenvalue weighted by atomic mass is 9.92. The van der Waals surface area contributed by atoms with Gasteiger partial charge in [0.25, 0.3) is 23.6 Å². The molecule has 2 atom stereocenters. The standard InChI is InChI=1S/C76H52N4O6/c1-14-15-16-17-18-19-20-21-22-23-24-25-26-27-28-29-30-31-32-33-34-35-36-37-38-39-40-41-42-43-44-45-46-53-68(77(73(83)60(10)11)66-54-69(81)79(75(66)85)71-62(56(2)3)49-47-50-63(71)57(4)5)78(74(84)61(12)13)67-55-70(82)80(76(67)86)72-64(58(6)7)51-48-52-65(72)59(8)9/h47-52,56-59,66-67H,1,10,12,54-55H2,2-9,11,13H3. The second kappa shape index (κ2) is 33.9. The van der Waals surface area contributed by atoms with E-state index in [1.807, 2.05) is 91.8 Å². The second-order valence-corrected chi connectivity index (χ2v) is 19.3. The fourth-order valence-electron chi connectivity index (χ4n) is 8.13. The van der Waals surface area contributed by atoms with Gasteiger partial charge in [0.05, 0.1) is 24.2 Å². The number of amides is 6. The molecule has 2 heterocycles. The molecule has 2 saturated heterocycles. The Labute approximate surface area is 500 Å². The monoisotopic (exact) mass is 1120 g/mol. The van der Waals surface area contributed by atoms with Crippen LogP contribution in [0.25, 0.3) is 0 Å². The van der Waals surface area contributed by atoms with Crippen molar-refractivity contribution in [2.24, 2.45) is 0 Å².